The van der Waals surface area contributed by atoms with E-state index in [4.69, 9.17) is 9.84 Å². The number of hydrogen-bond acceptors (Lipinski definition) is 5. The van der Waals surface area contributed by atoms with Gasteiger partial charge in [0.2, 0.25) is 0 Å². The maximum absolute atomic E-state index is 11.1. The van der Waals surface area contributed by atoms with E-state index >= 15 is 0 Å². The van der Waals surface area contributed by atoms with Crippen LogP contribution in [0.25, 0.3) is 0 Å². The van der Waals surface area contributed by atoms with Crippen molar-refractivity contribution in [3.05, 3.63) is 18.2 Å². The fourth-order valence-electron chi connectivity index (χ4n) is 1.01. The van der Waals surface area contributed by atoms with Crippen LogP contribution in [0, 0.1) is 0 Å². The van der Waals surface area contributed by atoms with E-state index in [2.05, 4.69) is 27.9 Å². The number of amides is 1. The van der Waals surface area contributed by atoms with Crippen molar-refractivity contribution in [2.75, 3.05) is 19.8 Å². The number of nitrogens with one attached hydrogen (secondary N) is 2. The summed E-state index contributed by atoms with van der Waals surface area (Å²) in [6.45, 7) is 0.580. The summed E-state index contributed by atoms with van der Waals surface area (Å²) < 4.78 is 4.91. The minimum atomic E-state index is -0.515. The Morgan fingerprint density at radius 3 is 3.19 bits per heavy atom. The monoisotopic (exact) mass is 245 g/mol. The molecule has 3 N–H and O–H groups in total. The molecule has 0 aliphatic rings. The van der Waals surface area contributed by atoms with Crippen molar-refractivity contribution in [1.29, 1.82) is 0 Å². The Kier molecular flexibility index (Phi) is 5.73. The molecule has 0 radical (unpaired) electrons. The summed E-state index contributed by atoms with van der Waals surface area (Å²) in [5.74, 6) is 0.659. The molecule has 0 bridgehead atoms. The van der Waals surface area contributed by atoms with Crippen LogP contribution in [0.5, 0.6) is 0 Å². The van der Waals surface area contributed by atoms with Gasteiger partial charge in [-0.05, 0) is 6.42 Å². The molecule has 90 valence electrons. The van der Waals surface area contributed by atoms with Gasteiger partial charge in [-0.1, -0.05) is 0 Å². The summed E-state index contributed by atoms with van der Waals surface area (Å²) in [5.41, 5.74) is 0. The van der Waals surface area contributed by atoms with E-state index in [1.165, 1.54) is 0 Å². The van der Waals surface area contributed by atoms with Crippen molar-refractivity contribution >= 4 is 18.7 Å². The number of aromatic nitrogens is 2. The van der Waals surface area contributed by atoms with E-state index in [9.17, 15) is 4.79 Å². The molecule has 0 spiro atoms. The molecule has 0 saturated carbocycles. The fourth-order valence-corrected chi connectivity index (χ4v) is 1.23. The summed E-state index contributed by atoms with van der Waals surface area (Å²) in [5, 5.41) is 10.7. The van der Waals surface area contributed by atoms with Gasteiger partial charge < -0.3 is 20.1 Å². The first-order valence-corrected chi connectivity index (χ1v) is 5.44. The van der Waals surface area contributed by atoms with Gasteiger partial charge in [-0.25, -0.2) is 9.78 Å². The molecule has 0 aliphatic heterocycles. The Labute approximate surface area is 98.8 Å². The fraction of sp³-hybridized carbons (Fsp3) is 0.556. The summed E-state index contributed by atoms with van der Waals surface area (Å²) >= 11 is 4.23. The lowest BCUT2D eigenvalue weighted by molar-refractivity contribution is 0.145. The summed E-state index contributed by atoms with van der Waals surface area (Å²) in [6, 6.07) is 0. The Morgan fingerprint density at radius 2 is 2.56 bits per heavy atom. The molecule has 0 saturated heterocycles. The molecule has 0 aliphatic carbocycles. The maximum Gasteiger partial charge on any atom is 0.407 e. The van der Waals surface area contributed by atoms with E-state index in [0.29, 0.717) is 18.8 Å². The normalized spacial score (nSPS) is 12.1. The zero-order valence-corrected chi connectivity index (χ0v) is 9.61. The number of aliphatic hydroxyl groups is 1. The van der Waals surface area contributed by atoms with Gasteiger partial charge >= 0.3 is 6.09 Å². The van der Waals surface area contributed by atoms with Crippen molar-refractivity contribution in [2.24, 2.45) is 0 Å². The minimum absolute atomic E-state index is 0.0435. The van der Waals surface area contributed by atoms with Gasteiger partial charge in [0.05, 0.1) is 5.25 Å². The van der Waals surface area contributed by atoms with E-state index in [0.717, 1.165) is 0 Å². The Balaban J connectivity index is 2.16. The highest BCUT2D eigenvalue weighted by atomic mass is 32.1. The molecule has 16 heavy (non-hydrogen) atoms. The van der Waals surface area contributed by atoms with Gasteiger partial charge in [0, 0.05) is 25.5 Å². The number of carbonyl (C=O) groups excluding carboxylic acids is 1. The number of aromatic amines is 1. The minimum Gasteiger partial charge on any atom is -0.448 e. The topological polar surface area (TPSA) is 87.2 Å². The third-order valence-corrected chi connectivity index (χ3v) is 2.21. The van der Waals surface area contributed by atoms with Crippen molar-refractivity contribution in [1.82, 2.24) is 15.3 Å². The molecule has 1 atom stereocenters. The Bertz CT molecular complexity index is 305. The third kappa shape index (κ3) is 4.54. The second kappa shape index (κ2) is 7.13. The lowest BCUT2D eigenvalue weighted by Crippen LogP contribution is -2.27. The molecular formula is C9H15N3O3S. The van der Waals surface area contributed by atoms with E-state index < -0.39 is 6.09 Å². The first-order chi connectivity index (χ1) is 7.74. The second-order valence-corrected chi connectivity index (χ2v) is 3.72. The van der Waals surface area contributed by atoms with Crippen LogP contribution in [0.2, 0.25) is 0 Å². The van der Waals surface area contributed by atoms with Crippen LogP contribution in [0.1, 0.15) is 17.5 Å². The number of imidazole rings is 1. The summed E-state index contributed by atoms with van der Waals surface area (Å²) in [6.07, 6.45) is 3.29. The molecule has 1 unspecified atom stereocenters. The first-order valence-electron chi connectivity index (χ1n) is 4.93. The van der Waals surface area contributed by atoms with Gasteiger partial charge in [0.25, 0.3) is 0 Å². The zero-order chi connectivity index (χ0) is 11.8. The number of alkyl carbamates (subject to hydrolysis) is 1. The highest BCUT2D eigenvalue weighted by molar-refractivity contribution is 7.80. The van der Waals surface area contributed by atoms with Crippen molar-refractivity contribution in [3.8, 4) is 0 Å². The largest absolute Gasteiger partial charge is 0.448 e. The molecule has 0 fully saturated rings. The summed E-state index contributed by atoms with van der Waals surface area (Å²) in [4.78, 5) is 18.0. The van der Waals surface area contributed by atoms with Crippen molar-refractivity contribution in [2.45, 2.75) is 11.7 Å². The van der Waals surface area contributed by atoms with Crippen LogP contribution in [-0.4, -0.2) is 40.9 Å². The first kappa shape index (κ1) is 12.9. The van der Waals surface area contributed by atoms with Gasteiger partial charge in [0.1, 0.15) is 12.4 Å². The zero-order valence-electron chi connectivity index (χ0n) is 8.72. The van der Waals surface area contributed by atoms with Gasteiger partial charge in [0.15, 0.2) is 0 Å². The SMILES string of the molecule is O=C(NCCCO)OCC(S)c1ncc[nH]1. The molecule has 1 aromatic rings. The van der Waals surface area contributed by atoms with Gasteiger partial charge in [-0.2, -0.15) is 12.6 Å². The molecule has 7 heteroatoms. The Morgan fingerprint density at radius 1 is 1.75 bits per heavy atom. The molecule has 1 amide bonds. The van der Waals surface area contributed by atoms with Gasteiger partial charge in [-0.15, -0.1) is 0 Å². The lowest BCUT2D eigenvalue weighted by Gasteiger charge is -2.09. The predicted octanol–water partition coefficient (Wildman–Crippen LogP) is 0.489. The molecule has 1 rings (SSSR count). The van der Waals surface area contributed by atoms with E-state index in [-0.39, 0.29) is 18.5 Å². The average molecular weight is 245 g/mol. The number of nitrogens with zero attached hydrogens (tertiary/aromatic N) is 1. The van der Waals surface area contributed by atoms with Crippen LogP contribution in [0.4, 0.5) is 4.79 Å². The maximum atomic E-state index is 11.1. The molecular weight excluding hydrogens is 230 g/mol. The lowest BCUT2D eigenvalue weighted by atomic mass is 10.4. The van der Waals surface area contributed by atoms with Crippen molar-refractivity contribution < 1.29 is 14.6 Å². The number of H-pyrrole nitrogens is 1. The highest BCUT2D eigenvalue weighted by Crippen LogP contribution is 2.15. The molecule has 0 aromatic carbocycles. The quantitative estimate of drug-likeness (QED) is 0.434. The predicted molar refractivity (Wildman–Crippen MR) is 61.4 cm³/mol. The van der Waals surface area contributed by atoms with Crippen LogP contribution in [0.3, 0.4) is 0 Å². The number of rotatable bonds is 6. The smallest absolute Gasteiger partial charge is 0.407 e. The summed E-state index contributed by atoms with van der Waals surface area (Å²) in [7, 11) is 0. The van der Waals surface area contributed by atoms with Crippen LogP contribution < -0.4 is 5.32 Å². The number of ether oxygens (including phenoxy) is 1. The second-order valence-electron chi connectivity index (χ2n) is 3.09. The number of hydrogen-bond donors (Lipinski definition) is 4. The molecule has 1 heterocycles. The molecule has 6 nitrogen and oxygen atoms in total. The number of carbonyl (C=O) groups is 1. The van der Waals surface area contributed by atoms with Crippen LogP contribution in [-0.2, 0) is 4.74 Å². The van der Waals surface area contributed by atoms with E-state index in [1.54, 1.807) is 12.4 Å². The Hall–Kier alpha value is -1.21. The standard InChI is InChI=1S/C9H15N3O3S/c13-5-1-2-12-9(14)15-6-7(16)8-10-3-4-11-8/h3-4,7,13,16H,1-2,5-6H2,(H,10,11)(H,12,14). The number of aliphatic hydroxyl groups excluding tert-OH is 1. The third-order valence-electron chi connectivity index (χ3n) is 1.81. The number of thiol groups is 1. The van der Waals surface area contributed by atoms with E-state index in [1.807, 2.05) is 0 Å². The highest BCUT2D eigenvalue weighted by Gasteiger charge is 2.11. The van der Waals surface area contributed by atoms with Crippen LogP contribution in [0.15, 0.2) is 12.4 Å². The van der Waals surface area contributed by atoms with Crippen molar-refractivity contribution in [3.63, 3.8) is 0 Å². The van der Waals surface area contributed by atoms with Crippen LogP contribution >= 0.6 is 12.6 Å². The molecule has 1 aromatic heterocycles. The average Bonchev–Trinajstić information content (AvgIpc) is 2.79. The van der Waals surface area contributed by atoms with Gasteiger partial charge in [-0.3, -0.25) is 0 Å².